The summed E-state index contributed by atoms with van der Waals surface area (Å²) in [5.74, 6) is 0.643. The number of carbonyl (C=O) groups is 1. The molecule has 0 aliphatic carbocycles. The molecule has 0 N–H and O–H groups in total. The van der Waals surface area contributed by atoms with Crippen LogP contribution in [0.1, 0.15) is 22.3 Å². The Morgan fingerprint density at radius 3 is 2.67 bits per heavy atom. The van der Waals surface area contributed by atoms with E-state index in [2.05, 4.69) is 9.73 Å². The van der Waals surface area contributed by atoms with E-state index in [0.717, 1.165) is 17.7 Å². The molecule has 0 saturated carbocycles. The zero-order valence-corrected chi connectivity index (χ0v) is 16.1. The number of thioether (sulfide) groups is 1. The van der Waals surface area contributed by atoms with E-state index in [9.17, 15) is 13.6 Å². The number of amidine groups is 1. The third-order valence-corrected chi connectivity index (χ3v) is 5.41. The number of halogens is 3. The number of ether oxygens (including phenoxy) is 1. The lowest BCUT2D eigenvalue weighted by atomic mass is 10.2. The van der Waals surface area contributed by atoms with Crippen molar-refractivity contribution in [3.63, 3.8) is 0 Å². The van der Waals surface area contributed by atoms with Crippen molar-refractivity contribution in [2.45, 2.75) is 20.0 Å². The van der Waals surface area contributed by atoms with Gasteiger partial charge in [-0.1, -0.05) is 29.4 Å². The molecule has 0 bridgehead atoms. The van der Waals surface area contributed by atoms with Gasteiger partial charge in [-0.15, -0.1) is 0 Å². The fraction of sp³-hybridized carbons (Fsp3) is 0.263. The van der Waals surface area contributed by atoms with Crippen LogP contribution in [0.25, 0.3) is 0 Å². The van der Waals surface area contributed by atoms with Crippen molar-refractivity contribution in [1.29, 1.82) is 0 Å². The van der Waals surface area contributed by atoms with Crippen LogP contribution in [0, 0.1) is 6.92 Å². The molecule has 1 fully saturated rings. The Labute approximate surface area is 165 Å². The molecule has 0 unspecified atom stereocenters. The highest BCUT2D eigenvalue weighted by Gasteiger charge is 2.25. The van der Waals surface area contributed by atoms with Crippen molar-refractivity contribution >= 4 is 40.1 Å². The summed E-state index contributed by atoms with van der Waals surface area (Å²) in [6.07, 6.45) is 0.844. The molecule has 1 heterocycles. The highest BCUT2D eigenvalue weighted by Crippen LogP contribution is 2.27. The van der Waals surface area contributed by atoms with Gasteiger partial charge < -0.3 is 4.74 Å². The molecule has 1 saturated heterocycles. The van der Waals surface area contributed by atoms with E-state index < -0.39 is 6.61 Å². The summed E-state index contributed by atoms with van der Waals surface area (Å²) in [7, 11) is 0. The van der Waals surface area contributed by atoms with Gasteiger partial charge in [-0.05, 0) is 55.3 Å². The molecule has 4 nitrogen and oxygen atoms in total. The highest BCUT2D eigenvalue weighted by molar-refractivity contribution is 8.13. The fourth-order valence-electron chi connectivity index (χ4n) is 2.54. The summed E-state index contributed by atoms with van der Waals surface area (Å²) in [6, 6.07) is 11.1. The molecule has 3 rings (SSSR count). The molecule has 2 aromatic carbocycles. The van der Waals surface area contributed by atoms with Crippen molar-refractivity contribution in [3.8, 4) is 5.75 Å². The van der Waals surface area contributed by atoms with Gasteiger partial charge in [0.05, 0.1) is 5.69 Å². The van der Waals surface area contributed by atoms with E-state index in [0.29, 0.717) is 28.0 Å². The predicted octanol–water partition coefficient (Wildman–Crippen LogP) is 5.52. The Balaban J connectivity index is 1.82. The number of carbonyl (C=O) groups excluding carboxylic acids is 1. The highest BCUT2D eigenvalue weighted by atomic mass is 35.5. The van der Waals surface area contributed by atoms with Crippen LogP contribution in [0.2, 0.25) is 5.02 Å². The lowest BCUT2D eigenvalue weighted by molar-refractivity contribution is -0.0498. The number of benzene rings is 2. The summed E-state index contributed by atoms with van der Waals surface area (Å²) >= 11 is 7.65. The second kappa shape index (κ2) is 8.71. The lowest BCUT2D eigenvalue weighted by Gasteiger charge is -2.28. The van der Waals surface area contributed by atoms with Crippen LogP contribution in [-0.4, -0.2) is 34.9 Å². The van der Waals surface area contributed by atoms with Crippen LogP contribution in [0.3, 0.4) is 0 Å². The zero-order chi connectivity index (χ0) is 19.4. The van der Waals surface area contributed by atoms with Crippen LogP contribution in [-0.2, 0) is 0 Å². The van der Waals surface area contributed by atoms with Gasteiger partial charge in [-0.2, -0.15) is 8.78 Å². The quantitative estimate of drug-likeness (QED) is 0.666. The topological polar surface area (TPSA) is 41.9 Å². The maximum Gasteiger partial charge on any atom is 0.387 e. The maximum atomic E-state index is 12.9. The molecule has 8 heteroatoms. The number of aryl methyl sites for hydroxylation is 1. The minimum atomic E-state index is -2.90. The SMILES string of the molecule is Cc1ccc(N=C2SCCCN2C(=O)c2ccc(OC(F)F)cc2)cc1Cl. The van der Waals surface area contributed by atoms with Gasteiger partial charge in [0.1, 0.15) is 5.75 Å². The van der Waals surface area contributed by atoms with Gasteiger partial charge in [0.25, 0.3) is 5.91 Å². The van der Waals surface area contributed by atoms with E-state index >= 15 is 0 Å². The summed E-state index contributed by atoms with van der Waals surface area (Å²) in [5.41, 5.74) is 2.01. The molecular formula is C19H17ClF2N2O2S. The van der Waals surface area contributed by atoms with E-state index in [-0.39, 0.29) is 11.7 Å². The van der Waals surface area contributed by atoms with Crippen LogP contribution < -0.4 is 4.74 Å². The molecule has 2 aromatic rings. The molecule has 0 spiro atoms. The second-order valence-corrected chi connectivity index (χ2v) is 7.36. The first kappa shape index (κ1) is 19.6. The molecule has 1 aliphatic rings. The van der Waals surface area contributed by atoms with Crippen molar-refractivity contribution < 1.29 is 18.3 Å². The van der Waals surface area contributed by atoms with Crippen LogP contribution in [0.5, 0.6) is 5.75 Å². The fourth-order valence-corrected chi connectivity index (χ4v) is 3.67. The Kier molecular flexibility index (Phi) is 6.34. The van der Waals surface area contributed by atoms with Gasteiger partial charge >= 0.3 is 6.61 Å². The largest absolute Gasteiger partial charge is 0.435 e. The number of rotatable bonds is 4. The van der Waals surface area contributed by atoms with Gasteiger partial charge in [-0.3, -0.25) is 9.69 Å². The number of hydrogen-bond acceptors (Lipinski definition) is 4. The standard InChI is InChI=1S/C19H17ClF2N2O2S/c1-12-3-6-14(11-16(12)20)23-19-24(9-2-10-27-19)17(25)13-4-7-15(8-5-13)26-18(21)22/h3-8,11,18H,2,9-10H2,1H3. The van der Waals surface area contributed by atoms with E-state index in [1.165, 1.54) is 36.0 Å². The predicted molar refractivity (Wildman–Crippen MR) is 104 cm³/mol. The van der Waals surface area contributed by atoms with Gasteiger partial charge in [-0.25, -0.2) is 4.99 Å². The minimum absolute atomic E-state index is 0.0118. The smallest absolute Gasteiger partial charge is 0.387 e. The summed E-state index contributed by atoms with van der Waals surface area (Å²) in [6.45, 7) is -0.448. The van der Waals surface area contributed by atoms with E-state index in [4.69, 9.17) is 11.6 Å². The first-order valence-electron chi connectivity index (χ1n) is 8.28. The number of hydrogen-bond donors (Lipinski definition) is 0. The Morgan fingerprint density at radius 1 is 1.26 bits per heavy atom. The first-order chi connectivity index (χ1) is 12.9. The first-order valence-corrected chi connectivity index (χ1v) is 9.65. The average molecular weight is 411 g/mol. The van der Waals surface area contributed by atoms with Crippen LogP contribution in [0.15, 0.2) is 47.5 Å². The maximum absolute atomic E-state index is 12.9. The monoisotopic (exact) mass is 410 g/mol. The molecule has 142 valence electrons. The number of alkyl halides is 2. The average Bonchev–Trinajstić information content (AvgIpc) is 2.65. The van der Waals surface area contributed by atoms with Gasteiger partial charge in [0.15, 0.2) is 5.17 Å². The van der Waals surface area contributed by atoms with Crippen molar-refractivity contribution in [3.05, 3.63) is 58.6 Å². The molecule has 27 heavy (non-hydrogen) atoms. The molecule has 1 aliphatic heterocycles. The molecule has 1 amide bonds. The van der Waals surface area contributed by atoms with Gasteiger partial charge in [0.2, 0.25) is 0 Å². The minimum Gasteiger partial charge on any atom is -0.435 e. The van der Waals surface area contributed by atoms with Crippen molar-refractivity contribution in [2.24, 2.45) is 4.99 Å². The summed E-state index contributed by atoms with van der Waals surface area (Å²) in [5, 5.41) is 1.21. The third-order valence-electron chi connectivity index (χ3n) is 3.94. The molecule has 0 aromatic heterocycles. The number of nitrogens with zero attached hydrogens (tertiary/aromatic N) is 2. The summed E-state index contributed by atoms with van der Waals surface area (Å²) in [4.78, 5) is 19.1. The van der Waals surface area contributed by atoms with Crippen molar-refractivity contribution in [1.82, 2.24) is 4.90 Å². The lowest BCUT2D eigenvalue weighted by Crippen LogP contribution is -2.39. The van der Waals surface area contributed by atoms with E-state index in [1.54, 1.807) is 11.0 Å². The normalized spacial score (nSPS) is 16.0. The number of amides is 1. The van der Waals surface area contributed by atoms with Crippen molar-refractivity contribution in [2.75, 3.05) is 12.3 Å². The van der Waals surface area contributed by atoms with Crippen LogP contribution >= 0.6 is 23.4 Å². The van der Waals surface area contributed by atoms with Gasteiger partial charge in [0, 0.05) is 22.9 Å². The Bertz CT molecular complexity index is 859. The zero-order valence-electron chi connectivity index (χ0n) is 14.5. The van der Waals surface area contributed by atoms with Crippen LogP contribution in [0.4, 0.5) is 14.5 Å². The number of aliphatic imine (C=N–C) groups is 1. The Hall–Kier alpha value is -2.12. The molecule has 0 atom stereocenters. The Morgan fingerprint density at radius 2 is 2.00 bits per heavy atom. The molecule has 0 radical (unpaired) electrons. The third kappa shape index (κ3) is 4.99. The second-order valence-electron chi connectivity index (χ2n) is 5.89. The molecular weight excluding hydrogens is 394 g/mol. The summed E-state index contributed by atoms with van der Waals surface area (Å²) < 4.78 is 28.8. The van der Waals surface area contributed by atoms with E-state index in [1.807, 2.05) is 19.1 Å².